The molecule has 3 unspecified atom stereocenters. The number of amides is 3. The fraction of sp³-hybridized carbons (Fsp3) is 0.750. The quantitative estimate of drug-likeness (QED) is 0.685. The van der Waals surface area contributed by atoms with Crippen molar-refractivity contribution in [3.05, 3.63) is 0 Å². The molecular formula is C12H21N3O4S. The van der Waals surface area contributed by atoms with Gasteiger partial charge in [-0.1, -0.05) is 6.92 Å². The number of aliphatic carboxylic acids is 1. The summed E-state index contributed by atoms with van der Waals surface area (Å²) >= 11 is 1.44. The Morgan fingerprint density at radius 3 is 2.55 bits per heavy atom. The molecule has 0 aromatic heterocycles. The third-order valence-electron chi connectivity index (χ3n) is 3.05. The summed E-state index contributed by atoms with van der Waals surface area (Å²) in [5.41, 5.74) is 0. The maximum Gasteiger partial charge on any atom is 0.327 e. The molecule has 1 aliphatic heterocycles. The van der Waals surface area contributed by atoms with E-state index in [9.17, 15) is 14.4 Å². The van der Waals surface area contributed by atoms with E-state index < -0.39 is 24.1 Å². The van der Waals surface area contributed by atoms with Crippen molar-refractivity contribution in [1.29, 1.82) is 0 Å². The highest BCUT2D eigenvalue weighted by atomic mass is 32.2. The van der Waals surface area contributed by atoms with Crippen LogP contribution >= 0.6 is 11.8 Å². The van der Waals surface area contributed by atoms with Gasteiger partial charge in [-0.15, -0.1) is 11.8 Å². The zero-order chi connectivity index (χ0) is 15.3. The smallest absolute Gasteiger partial charge is 0.327 e. The van der Waals surface area contributed by atoms with Gasteiger partial charge in [0.05, 0.1) is 5.37 Å². The lowest BCUT2D eigenvalue weighted by Crippen LogP contribution is -2.54. The summed E-state index contributed by atoms with van der Waals surface area (Å²) in [5.74, 6) is -0.932. The van der Waals surface area contributed by atoms with Crippen molar-refractivity contribution < 1.29 is 19.5 Å². The van der Waals surface area contributed by atoms with E-state index >= 15 is 0 Å². The molecule has 8 heteroatoms. The Morgan fingerprint density at radius 1 is 1.40 bits per heavy atom. The van der Waals surface area contributed by atoms with E-state index in [0.717, 1.165) is 0 Å². The maximum absolute atomic E-state index is 12.2. The number of urea groups is 1. The first-order valence-electron chi connectivity index (χ1n) is 6.63. The highest BCUT2D eigenvalue weighted by Gasteiger charge is 2.41. The van der Waals surface area contributed by atoms with Gasteiger partial charge in [-0.25, -0.2) is 9.59 Å². The van der Waals surface area contributed by atoms with Crippen LogP contribution in [0.25, 0.3) is 0 Å². The van der Waals surface area contributed by atoms with Crippen LogP contribution in [0.5, 0.6) is 0 Å². The number of carbonyl (C=O) groups is 3. The molecule has 0 aliphatic carbocycles. The number of thioether (sulfide) groups is 1. The Hall–Kier alpha value is -1.44. The van der Waals surface area contributed by atoms with Gasteiger partial charge in [-0.2, -0.15) is 0 Å². The van der Waals surface area contributed by atoms with Crippen molar-refractivity contribution in [2.45, 2.75) is 44.6 Å². The van der Waals surface area contributed by atoms with E-state index in [1.54, 1.807) is 13.8 Å². The van der Waals surface area contributed by atoms with Gasteiger partial charge in [0.15, 0.2) is 0 Å². The van der Waals surface area contributed by atoms with Crippen molar-refractivity contribution in [3.8, 4) is 0 Å². The number of hydrogen-bond acceptors (Lipinski definition) is 4. The van der Waals surface area contributed by atoms with Gasteiger partial charge in [0.2, 0.25) is 5.91 Å². The number of carbonyl (C=O) groups excluding carboxylic acids is 2. The minimum atomic E-state index is -1.02. The van der Waals surface area contributed by atoms with Crippen LogP contribution in [0.15, 0.2) is 0 Å². The molecule has 7 nitrogen and oxygen atoms in total. The lowest BCUT2D eigenvalue weighted by molar-refractivity contribution is -0.141. The number of likely N-dealkylation sites (N-methyl/N-ethyl adjacent to an activating group) is 1. The Kier molecular flexibility index (Phi) is 6.12. The summed E-state index contributed by atoms with van der Waals surface area (Å²) in [7, 11) is 0. The van der Waals surface area contributed by atoms with Gasteiger partial charge in [-0.05, 0) is 20.3 Å². The monoisotopic (exact) mass is 303 g/mol. The average molecular weight is 303 g/mol. The summed E-state index contributed by atoms with van der Waals surface area (Å²) in [5, 5.41) is 14.2. The fourth-order valence-electron chi connectivity index (χ4n) is 1.99. The van der Waals surface area contributed by atoms with Crippen LogP contribution in [0, 0.1) is 0 Å². The van der Waals surface area contributed by atoms with E-state index in [0.29, 0.717) is 18.7 Å². The van der Waals surface area contributed by atoms with Gasteiger partial charge in [0.25, 0.3) is 0 Å². The molecule has 20 heavy (non-hydrogen) atoms. The van der Waals surface area contributed by atoms with Crippen molar-refractivity contribution in [3.63, 3.8) is 0 Å². The average Bonchev–Trinajstić information content (AvgIpc) is 2.82. The van der Waals surface area contributed by atoms with Crippen LogP contribution in [-0.4, -0.2) is 57.7 Å². The zero-order valence-electron chi connectivity index (χ0n) is 11.9. The second-order valence-corrected chi connectivity index (χ2v) is 5.73. The first-order chi connectivity index (χ1) is 9.42. The van der Waals surface area contributed by atoms with Crippen molar-refractivity contribution in [2.24, 2.45) is 0 Å². The third-order valence-corrected chi connectivity index (χ3v) is 4.50. The van der Waals surface area contributed by atoms with E-state index in [4.69, 9.17) is 5.11 Å². The molecule has 1 rings (SSSR count). The predicted molar refractivity (Wildman–Crippen MR) is 76.5 cm³/mol. The summed E-state index contributed by atoms with van der Waals surface area (Å²) in [6, 6.07) is -2.04. The van der Waals surface area contributed by atoms with Crippen molar-refractivity contribution in [2.75, 3.05) is 12.3 Å². The molecule has 0 aromatic rings. The summed E-state index contributed by atoms with van der Waals surface area (Å²) in [6.45, 7) is 5.74. The molecule has 0 aromatic carbocycles. The van der Waals surface area contributed by atoms with Crippen LogP contribution in [-0.2, 0) is 9.59 Å². The second kappa shape index (κ2) is 7.37. The number of rotatable bonds is 5. The van der Waals surface area contributed by atoms with E-state index in [1.165, 1.54) is 16.7 Å². The third kappa shape index (κ3) is 3.78. The first-order valence-corrected chi connectivity index (χ1v) is 7.68. The first kappa shape index (κ1) is 16.6. The van der Waals surface area contributed by atoms with Crippen LogP contribution in [0.1, 0.15) is 27.2 Å². The number of nitrogens with zero attached hydrogens (tertiary/aromatic N) is 1. The number of carboxylic acids is 1. The van der Waals surface area contributed by atoms with Crippen LogP contribution in [0.3, 0.4) is 0 Å². The predicted octanol–water partition coefficient (Wildman–Crippen LogP) is 0.459. The molecule has 114 valence electrons. The second-order valence-electron chi connectivity index (χ2n) is 4.52. The molecule has 3 N–H and O–H groups in total. The van der Waals surface area contributed by atoms with Gasteiger partial charge in [0, 0.05) is 12.3 Å². The molecule has 1 aliphatic rings. The Morgan fingerprint density at radius 2 is 2.05 bits per heavy atom. The zero-order valence-corrected chi connectivity index (χ0v) is 12.7. The van der Waals surface area contributed by atoms with Gasteiger partial charge < -0.3 is 15.7 Å². The summed E-state index contributed by atoms with van der Waals surface area (Å²) in [6.07, 6.45) is 0.664. The summed E-state index contributed by atoms with van der Waals surface area (Å²) in [4.78, 5) is 36.3. The number of nitrogens with one attached hydrogen (secondary N) is 2. The highest BCUT2D eigenvalue weighted by Crippen LogP contribution is 2.31. The minimum absolute atomic E-state index is 0.169. The normalized spacial score (nSPS) is 23.2. The van der Waals surface area contributed by atoms with Crippen molar-refractivity contribution >= 4 is 29.7 Å². The molecule has 1 fully saturated rings. The van der Waals surface area contributed by atoms with Crippen LogP contribution < -0.4 is 10.6 Å². The molecule has 1 saturated heterocycles. The largest absolute Gasteiger partial charge is 0.480 e. The number of hydrogen-bond donors (Lipinski definition) is 3. The topological polar surface area (TPSA) is 98.7 Å². The SMILES string of the molecule is CCNC(=O)C(C)NC(=O)N1C(CC)SCC1C(=O)O. The molecule has 3 amide bonds. The fourth-order valence-corrected chi connectivity index (χ4v) is 3.34. The van der Waals surface area contributed by atoms with E-state index in [2.05, 4.69) is 10.6 Å². The lowest BCUT2D eigenvalue weighted by atomic mass is 10.2. The van der Waals surface area contributed by atoms with Gasteiger partial charge in [0.1, 0.15) is 12.1 Å². The van der Waals surface area contributed by atoms with E-state index in [-0.39, 0.29) is 11.3 Å². The Bertz CT molecular complexity index is 391. The highest BCUT2D eigenvalue weighted by molar-refractivity contribution is 8.00. The molecule has 1 heterocycles. The van der Waals surface area contributed by atoms with Crippen LogP contribution in [0.4, 0.5) is 4.79 Å². The van der Waals surface area contributed by atoms with Crippen LogP contribution in [0.2, 0.25) is 0 Å². The maximum atomic E-state index is 12.2. The molecule has 0 spiro atoms. The molecule has 0 radical (unpaired) electrons. The molecule has 0 bridgehead atoms. The van der Waals surface area contributed by atoms with Gasteiger partial charge in [-0.3, -0.25) is 9.69 Å². The Labute approximate surface area is 122 Å². The standard InChI is InChI=1S/C12H21N3O4S/c1-4-9-15(8(6-20-9)11(17)18)12(19)14-7(3)10(16)13-5-2/h7-9H,4-6H2,1-3H3,(H,13,16)(H,14,19)(H,17,18). The lowest BCUT2D eigenvalue weighted by Gasteiger charge is -2.28. The molecular weight excluding hydrogens is 282 g/mol. The molecule has 3 atom stereocenters. The minimum Gasteiger partial charge on any atom is -0.480 e. The van der Waals surface area contributed by atoms with E-state index in [1.807, 2.05) is 6.92 Å². The summed E-state index contributed by atoms with van der Waals surface area (Å²) < 4.78 is 0. The van der Waals surface area contributed by atoms with Gasteiger partial charge >= 0.3 is 12.0 Å². The number of carboxylic acid groups (broad SMARTS) is 1. The molecule has 0 saturated carbocycles. The Balaban J connectivity index is 2.72. The van der Waals surface area contributed by atoms with Crippen molar-refractivity contribution in [1.82, 2.24) is 15.5 Å².